The van der Waals surface area contributed by atoms with E-state index in [9.17, 15) is 4.79 Å². The summed E-state index contributed by atoms with van der Waals surface area (Å²) in [7, 11) is 0. The number of hydrogen-bond donors (Lipinski definition) is 2. The lowest BCUT2D eigenvalue weighted by atomic mass is 9.95. The lowest BCUT2D eigenvalue weighted by Crippen LogP contribution is -2.11. The fraction of sp³-hybridized carbons (Fsp3) is 0.625. The molecule has 0 aromatic heterocycles. The Morgan fingerprint density at radius 3 is 2.91 bits per heavy atom. The second-order valence-electron chi connectivity index (χ2n) is 2.86. The Morgan fingerprint density at radius 2 is 2.45 bits per heavy atom. The van der Waals surface area contributed by atoms with Crippen molar-refractivity contribution in [3.63, 3.8) is 0 Å². The van der Waals surface area contributed by atoms with Crippen LogP contribution in [0.5, 0.6) is 0 Å². The second kappa shape index (κ2) is 3.53. The minimum Gasteiger partial charge on any atom is -0.481 e. The molecule has 0 spiro atoms. The highest BCUT2D eigenvalue weighted by Crippen LogP contribution is 2.20. The normalized spacial score (nSPS) is 24.5. The SMILES string of the molecule is O=C(O)CC1=CCC(O)CC1. The van der Waals surface area contributed by atoms with Gasteiger partial charge in [0, 0.05) is 0 Å². The van der Waals surface area contributed by atoms with Crippen molar-refractivity contribution >= 4 is 5.97 Å². The van der Waals surface area contributed by atoms with Crippen LogP contribution >= 0.6 is 0 Å². The van der Waals surface area contributed by atoms with Crippen molar-refractivity contribution in [3.8, 4) is 0 Å². The van der Waals surface area contributed by atoms with Crippen LogP contribution in [0.4, 0.5) is 0 Å². The summed E-state index contributed by atoms with van der Waals surface area (Å²) in [5.74, 6) is -0.785. The molecule has 1 atom stereocenters. The summed E-state index contributed by atoms with van der Waals surface area (Å²) < 4.78 is 0. The average molecular weight is 156 g/mol. The molecule has 62 valence electrons. The van der Waals surface area contributed by atoms with E-state index in [2.05, 4.69) is 0 Å². The second-order valence-corrected chi connectivity index (χ2v) is 2.86. The van der Waals surface area contributed by atoms with Gasteiger partial charge in [-0.25, -0.2) is 0 Å². The Balaban J connectivity index is 2.41. The summed E-state index contributed by atoms with van der Waals surface area (Å²) in [6.07, 6.45) is 3.76. The van der Waals surface area contributed by atoms with Gasteiger partial charge in [0.05, 0.1) is 12.5 Å². The molecule has 0 radical (unpaired) electrons. The molecule has 0 bridgehead atoms. The highest BCUT2D eigenvalue weighted by Gasteiger charge is 2.12. The van der Waals surface area contributed by atoms with E-state index in [1.807, 2.05) is 6.08 Å². The maximum atomic E-state index is 10.2. The molecule has 0 saturated heterocycles. The third-order valence-corrected chi connectivity index (χ3v) is 1.86. The molecule has 1 aliphatic rings. The fourth-order valence-corrected chi connectivity index (χ4v) is 1.23. The quantitative estimate of drug-likeness (QED) is 0.585. The lowest BCUT2D eigenvalue weighted by molar-refractivity contribution is -0.136. The molecule has 11 heavy (non-hydrogen) atoms. The summed E-state index contributed by atoms with van der Waals surface area (Å²) in [5, 5.41) is 17.5. The van der Waals surface area contributed by atoms with Crippen molar-refractivity contribution in [2.75, 3.05) is 0 Å². The zero-order valence-electron chi connectivity index (χ0n) is 6.29. The fourth-order valence-electron chi connectivity index (χ4n) is 1.23. The summed E-state index contributed by atoms with van der Waals surface area (Å²) in [5.41, 5.74) is 0.947. The first-order valence-electron chi connectivity index (χ1n) is 3.76. The van der Waals surface area contributed by atoms with Gasteiger partial charge in [-0.15, -0.1) is 0 Å². The molecule has 0 aromatic rings. The van der Waals surface area contributed by atoms with Crippen LogP contribution in [0.25, 0.3) is 0 Å². The molecule has 0 fully saturated rings. The highest BCUT2D eigenvalue weighted by molar-refractivity contribution is 5.70. The van der Waals surface area contributed by atoms with E-state index >= 15 is 0 Å². The van der Waals surface area contributed by atoms with Crippen LogP contribution in [0, 0.1) is 0 Å². The Labute approximate surface area is 65.3 Å². The largest absolute Gasteiger partial charge is 0.481 e. The van der Waals surface area contributed by atoms with Gasteiger partial charge >= 0.3 is 5.97 Å². The van der Waals surface area contributed by atoms with E-state index in [4.69, 9.17) is 10.2 Å². The molecule has 1 rings (SSSR count). The van der Waals surface area contributed by atoms with E-state index in [1.54, 1.807) is 0 Å². The highest BCUT2D eigenvalue weighted by atomic mass is 16.4. The predicted molar refractivity (Wildman–Crippen MR) is 40.2 cm³/mol. The Hall–Kier alpha value is -0.830. The topological polar surface area (TPSA) is 57.5 Å². The molecule has 2 N–H and O–H groups in total. The number of aliphatic carboxylic acids is 1. The molecule has 0 saturated carbocycles. The van der Waals surface area contributed by atoms with Crippen molar-refractivity contribution < 1.29 is 15.0 Å². The number of aliphatic hydroxyl groups is 1. The van der Waals surface area contributed by atoms with Crippen LogP contribution in [0.2, 0.25) is 0 Å². The van der Waals surface area contributed by atoms with Crippen molar-refractivity contribution in [1.29, 1.82) is 0 Å². The number of carbonyl (C=O) groups is 1. The molecule has 3 heteroatoms. The smallest absolute Gasteiger partial charge is 0.307 e. The molecule has 0 aliphatic heterocycles. The summed E-state index contributed by atoms with van der Waals surface area (Å²) in [6, 6.07) is 0. The summed E-state index contributed by atoms with van der Waals surface area (Å²) in [4.78, 5) is 10.2. The first kappa shape index (κ1) is 8.27. The number of carboxylic acid groups (broad SMARTS) is 1. The van der Waals surface area contributed by atoms with Gasteiger partial charge in [0.2, 0.25) is 0 Å². The summed E-state index contributed by atoms with van der Waals surface area (Å²) in [6.45, 7) is 0. The van der Waals surface area contributed by atoms with E-state index in [1.165, 1.54) is 0 Å². The molecule has 3 nitrogen and oxygen atoms in total. The molecule has 1 unspecified atom stereocenters. The molecule has 0 amide bonds. The van der Waals surface area contributed by atoms with Gasteiger partial charge in [0.25, 0.3) is 0 Å². The minimum absolute atomic E-state index is 0.132. The Kier molecular flexibility index (Phi) is 2.65. The first-order valence-corrected chi connectivity index (χ1v) is 3.76. The third kappa shape index (κ3) is 2.72. The monoisotopic (exact) mass is 156 g/mol. The van der Waals surface area contributed by atoms with Crippen LogP contribution in [-0.2, 0) is 4.79 Å². The van der Waals surface area contributed by atoms with Crippen molar-refractivity contribution in [2.24, 2.45) is 0 Å². The van der Waals surface area contributed by atoms with E-state index < -0.39 is 5.97 Å². The van der Waals surface area contributed by atoms with Gasteiger partial charge in [-0.2, -0.15) is 0 Å². The predicted octanol–water partition coefficient (Wildman–Crippen LogP) is 0.932. The zero-order valence-corrected chi connectivity index (χ0v) is 6.29. The van der Waals surface area contributed by atoms with Crippen LogP contribution in [0.1, 0.15) is 25.7 Å². The zero-order chi connectivity index (χ0) is 8.27. The van der Waals surface area contributed by atoms with E-state index in [-0.39, 0.29) is 12.5 Å². The number of aliphatic hydroxyl groups excluding tert-OH is 1. The van der Waals surface area contributed by atoms with Gasteiger partial charge in [0.1, 0.15) is 0 Å². The van der Waals surface area contributed by atoms with Crippen LogP contribution in [-0.4, -0.2) is 22.3 Å². The minimum atomic E-state index is -0.785. The van der Waals surface area contributed by atoms with E-state index in [0.29, 0.717) is 12.8 Å². The van der Waals surface area contributed by atoms with Gasteiger partial charge in [-0.1, -0.05) is 11.6 Å². The van der Waals surface area contributed by atoms with Crippen LogP contribution in [0.15, 0.2) is 11.6 Å². The van der Waals surface area contributed by atoms with Crippen LogP contribution < -0.4 is 0 Å². The van der Waals surface area contributed by atoms with Gasteiger partial charge < -0.3 is 10.2 Å². The van der Waals surface area contributed by atoms with Gasteiger partial charge in [-0.3, -0.25) is 4.79 Å². The van der Waals surface area contributed by atoms with Gasteiger partial charge in [0.15, 0.2) is 0 Å². The third-order valence-electron chi connectivity index (χ3n) is 1.86. The molecule has 1 aliphatic carbocycles. The standard InChI is InChI=1S/C8H12O3/c9-7-3-1-6(2-4-7)5-8(10)11/h1,7,9H,2-5H2,(H,10,11). The van der Waals surface area contributed by atoms with Gasteiger partial charge in [-0.05, 0) is 19.3 Å². The lowest BCUT2D eigenvalue weighted by Gasteiger charge is -2.15. The first-order chi connectivity index (χ1) is 5.18. The Morgan fingerprint density at radius 1 is 1.73 bits per heavy atom. The molecule has 0 aromatic carbocycles. The molecular weight excluding hydrogens is 144 g/mol. The van der Waals surface area contributed by atoms with Crippen molar-refractivity contribution in [3.05, 3.63) is 11.6 Å². The Bertz CT molecular complexity index is 184. The van der Waals surface area contributed by atoms with Crippen LogP contribution in [0.3, 0.4) is 0 Å². The number of carboxylic acids is 1. The van der Waals surface area contributed by atoms with Crippen molar-refractivity contribution in [2.45, 2.75) is 31.8 Å². The van der Waals surface area contributed by atoms with E-state index in [0.717, 1.165) is 12.0 Å². The molecular formula is C8H12O3. The molecule has 0 heterocycles. The number of hydrogen-bond acceptors (Lipinski definition) is 2. The maximum absolute atomic E-state index is 10.2. The summed E-state index contributed by atoms with van der Waals surface area (Å²) >= 11 is 0. The average Bonchev–Trinajstić information content (AvgIpc) is 1.93. The maximum Gasteiger partial charge on any atom is 0.307 e. The number of rotatable bonds is 2. The van der Waals surface area contributed by atoms with Crippen molar-refractivity contribution in [1.82, 2.24) is 0 Å².